The lowest BCUT2D eigenvalue weighted by Gasteiger charge is -2.71. The molecule has 5 aliphatic carbocycles. The molecule has 5 aliphatic rings. The van der Waals surface area contributed by atoms with E-state index < -0.39 is 23.4 Å². The van der Waals surface area contributed by atoms with Gasteiger partial charge in [0.25, 0.3) is 0 Å². The summed E-state index contributed by atoms with van der Waals surface area (Å²) in [6.07, 6.45) is 10.3. The Kier molecular flexibility index (Phi) is 7.76. The monoisotopic (exact) mass is 585 g/mol. The van der Waals surface area contributed by atoms with Crippen molar-refractivity contribution in [3.63, 3.8) is 0 Å². The molecule has 0 spiro atoms. The normalized spacial score (nSPS) is 46.5. The van der Waals surface area contributed by atoms with Crippen molar-refractivity contribution < 1.29 is 29.7 Å². The zero-order valence-corrected chi connectivity index (χ0v) is 27.0. The number of rotatable bonds is 6. The lowest BCUT2D eigenvalue weighted by Crippen LogP contribution is -2.66. The van der Waals surface area contributed by atoms with Crippen molar-refractivity contribution in [2.24, 2.45) is 56.7 Å². The highest BCUT2D eigenvalue weighted by Gasteiger charge is 2.69. The first-order chi connectivity index (χ1) is 19.5. The molecule has 0 aromatic rings. The molecule has 1 amide bonds. The van der Waals surface area contributed by atoms with E-state index in [0.29, 0.717) is 17.8 Å². The van der Waals surface area contributed by atoms with Crippen molar-refractivity contribution in [1.82, 2.24) is 5.32 Å². The molecule has 1 unspecified atom stereocenters. The number of fused-ring (bicyclic) bond motifs is 7. The third-order valence-corrected chi connectivity index (χ3v) is 14.7. The van der Waals surface area contributed by atoms with Gasteiger partial charge in [-0.1, -0.05) is 60.1 Å². The highest BCUT2D eigenvalue weighted by Crippen LogP contribution is 2.75. The summed E-state index contributed by atoms with van der Waals surface area (Å²) in [6, 6.07) is -1.20. The van der Waals surface area contributed by atoms with Gasteiger partial charge in [-0.15, -0.1) is 0 Å². The van der Waals surface area contributed by atoms with Crippen LogP contribution in [0.3, 0.4) is 0 Å². The fourth-order valence-corrected chi connectivity index (χ4v) is 11.7. The molecule has 7 heteroatoms. The highest BCUT2D eigenvalue weighted by molar-refractivity contribution is 5.88. The van der Waals surface area contributed by atoms with Gasteiger partial charge in [0, 0.05) is 6.42 Å². The molecule has 0 saturated heterocycles. The van der Waals surface area contributed by atoms with Gasteiger partial charge in [0.15, 0.2) is 0 Å². The third kappa shape index (κ3) is 4.33. The number of carboxylic acids is 2. The Morgan fingerprint density at radius 2 is 1.62 bits per heavy atom. The number of amides is 1. The summed E-state index contributed by atoms with van der Waals surface area (Å²) in [7, 11) is 0. The number of carbonyl (C=O) groups is 3. The van der Waals surface area contributed by atoms with E-state index in [0.717, 1.165) is 57.8 Å². The maximum Gasteiger partial charge on any atom is 0.326 e. The molecule has 0 aromatic carbocycles. The topological polar surface area (TPSA) is 124 Å². The largest absolute Gasteiger partial charge is 0.481 e. The molecule has 0 bridgehead atoms. The lowest BCUT2D eigenvalue weighted by molar-refractivity contribution is -0.204. The summed E-state index contributed by atoms with van der Waals surface area (Å²) in [6.45, 7) is 16.6. The van der Waals surface area contributed by atoms with Gasteiger partial charge in [-0.25, -0.2) is 4.79 Å². The van der Waals surface area contributed by atoms with Gasteiger partial charge in [0.2, 0.25) is 5.91 Å². The molecule has 0 heterocycles. The zero-order valence-electron chi connectivity index (χ0n) is 27.0. The second-order valence-corrected chi connectivity index (χ2v) is 16.5. The molecule has 11 atom stereocenters. The average molecular weight is 586 g/mol. The van der Waals surface area contributed by atoms with Crippen molar-refractivity contribution in [2.45, 2.75) is 131 Å². The first-order valence-corrected chi connectivity index (χ1v) is 16.6. The molecule has 4 N–H and O–H groups in total. The Morgan fingerprint density at radius 1 is 0.929 bits per heavy atom. The smallest absolute Gasteiger partial charge is 0.326 e. The van der Waals surface area contributed by atoms with E-state index in [1.54, 1.807) is 0 Å². The first-order valence-electron chi connectivity index (χ1n) is 16.6. The predicted molar refractivity (Wildman–Crippen MR) is 161 cm³/mol. The quantitative estimate of drug-likeness (QED) is 0.266. The van der Waals surface area contributed by atoms with E-state index in [4.69, 9.17) is 5.11 Å². The van der Waals surface area contributed by atoms with Crippen LogP contribution < -0.4 is 5.32 Å². The van der Waals surface area contributed by atoms with Crippen molar-refractivity contribution in [2.75, 3.05) is 0 Å². The molecule has 5 rings (SSSR count). The van der Waals surface area contributed by atoms with Crippen LogP contribution in [0.15, 0.2) is 11.6 Å². The van der Waals surface area contributed by atoms with Crippen molar-refractivity contribution in [1.29, 1.82) is 0 Å². The van der Waals surface area contributed by atoms with Gasteiger partial charge in [-0.3, -0.25) is 9.59 Å². The second-order valence-electron chi connectivity index (χ2n) is 16.5. The van der Waals surface area contributed by atoms with Gasteiger partial charge < -0.3 is 20.6 Å². The molecule has 0 radical (unpaired) electrons. The van der Waals surface area contributed by atoms with Crippen molar-refractivity contribution >= 4 is 17.8 Å². The van der Waals surface area contributed by atoms with E-state index in [1.807, 2.05) is 0 Å². The number of nitrogens with one attached hydrogen (secondary N) is 1. The number of aliphatic hydroxyl groups is 1. The molecule has 4 fully saturated rings. The van der Waals surface area contributed by atoms with Crippen LogP contribution >= 0.6 is 0 Å². The molecule has 0 aromatic heterocycles. The van der Waals surface area contributed by atoms with Crippen LogP contribution in [0, 0.1) is 56.7 Å². The molecular weight excluding hydrogens is 530 g/mol. The Labute approximate surface area is 252 Å². The summed E-state index contributed by atoms with van der Waals surface area (Å²) in [5.41, 5.74) is 0.824. The molecule has 236 valence electrons. The van der Waals surface area contributed by atoms with E-state index in [-0.39, 0.29) is 58.3 Å². The average Bonchev–Trinajstić information content (AvgIpc) is 2.91. The van der Waals surface area contributed by atoms with Crippen LogP contribution in [0.25, 0.3) is 0 Å². The van der Waals surface area contributed by atoms with Crippen molar-refractivity contribution in [3.8, 4) is 0 Å². The van der Waals surface area contributed by atoms with Crippen LogP contribution in [0.5, 0.6) is 0 Å². The Balaban J connectivity index is 1.53. The maximum atomic E-state index is 14.3. The Hall–Kier alpha value is -1.89. The minimum absolute atomic E-state index is 0.0434. The molecule has 4 saturated carbocycles. The summed E-state index contributed by atoms with van der Waals surface area (Å²) in [5, 5.41) is 32.8. The number of hydrogen-bond donors (Lipinski definition) is 4. The van der Waals surface area contributed by atoms with Crippen LogP contribution in [0.1, 0.15) is 119 Å². The summed E-state index contributed by atoms with van der Waals surface area (Å²) >= 11 is 0. The second kappa shape index (κ2) is 10.3. The minimum Gasteiger partial charge on any atom is -0.481 e. The van der Waals surface area contributed by atoms with Gasteiger partial charge in [0.05, 0.1) is 11.5 Å². The first kappa shape index (κ1) is 31.5. The predicted octanol–water partition coefficient (Wildman–Crippen LogP) is 6.44. The Morgan fingerprint density at radius 3 is 2.26 bits per heavy atom. The van der Waals surface area contributed by atoms with Crippen LogP contribution in [0.2, 0.25) is 0 Å². The lowest BCUT2D eigenvalue weighted by atomic mass is 9.33. The fourth-order valence-electron chi connectivity index (χ4n) is 11.7. The van der Waals surface area contributed by atoms with Crippen molar-refractivity contribution in [3.05, 3.63) is 11.6 Å². The van der Waals surface area contributed by atoms with Gasteiger partial charge in [0.1, 0.15) is 6.04 Å². The summed E-state index contributed by atoms with van der Waals surface area (Å²) in [4.78, 5) is 37.5. The maximum absolute atomic E-state index is 14.3. The van der Waals surface area contributed by atoms with Crippen LogP contribution in [-0.4, -0.2) is 45.3 Å². The third-order valence-electron chi connectivity index (χ3n) is 14.7. The van der Waals surface area contributed by atoms with Crippen LogP contribution in [0.4, 0.5) is 0 Å². The van der Waals surface area contributed by atoms with E-state index in [9.17, 15) is 24.6 Å². The molecular formula is C35H55NO6. The number of allylic oxidation sites excluding steroid dienone is 2. The molecule has 0 aliphatic heterocycles. The van der Waals surface area contributed by atoms with Crippen LogP contribution in [-0.2, 0) is 14.4 Å². The molecule has 42 heavy (non-hydrogen) atoms. The SMILES string of the molecule is C[C@H]1[C@H](C)CC[C@]2(C(=O)NC(CCC(=O)O)C(=O)O)CC[C@]3(C)C(=CC[C@@H]4[C@@]5(C)CC[C@H](O)C(C)(C)[C@@H]5CC[C@]43C)[C@H]12. The highest BCUT2D eigenvalue weighted by atomic mass is 16.4. The fraction of sp³-hybridized carbons (Fsp3) is 0.857. The summed E-state index contributed by atoms with van der Waals surface area (Å²) < 4.78 is 0. The molecule has 7 nitrogen and oxygen atoms in total. The van der Waals surface area contributed by atoms with E-state index in [2.05, 4.69) is 59.9 Å². The number of aliphatic carboxylic acids is 2. The number of carbonyl (C=O) groups excluding carboxylic acids is 1. The minimum atomic E-state index is -1.20. The van der Waals surface area contributed by atoms with Gasteiger partial charge in [-0.2, -0.15) is 0 Å². The van der Waals surface area contributed by atoms with Gasteiger partial charge >= 0.3 is 11.9 Å². The number of carboxylic acid groups (broad SMARTS) is 2. The Bertz CT molecular complexity index is 1160. The van der Waals surface area contributed by atoms with E-state index in [1.165, 1.54) is 5.57 Å². The summed E-state index contributed by atoms with van der Waals surface area (Å²) in [5.74, 6) is -0.655. The van der Waals surface area contributed by atoms with Gasteiger partial charge in [-0.05, 0) is 115 Å². The number of aliphatic hydroxyl groups excluding tert-OH is 1. The number of hydrogen-bond acceptors (Lipinski definition) is 4. The zero-order chi connectivity index (χ0) is 31.0. The standard InChI is InChI=1S/C35H55NO6/c1-20-12-17-35(30(42)36-23(29(40)41)9-11-27(38)39)19-18-33(6)22(28(35)21(20)2)8-10-25-32(5)15-14-26(37)31(3,4)24(32)13-16-34(25,33)7/h8,20-21,23-26,28,37H,9-19H2,1-7H3,(H,36,42)(H,38,39)(H,40,41)/t20-,21+,23?,24+,25-,26+,28+,32+,33-,34-,35+/m1/s1. The van der Waals surface area contributed by atoms with E-state index >= 15 is 0 Å².